The molecule has 3 heterocycles. The number of aryl methyl sites for hydroxylation is 1. The monoisotopic (exact) mass is 398 g/mol. The fourth-order valence-electron chi connectivity index (χ4n) is 3.46. The molecule has 0 aliphatic carbocycles. The average molecular weight is 398 g/mol. The molecule has 0 unspecified atom stereocenters. The minimum Gasteiger partial charge on any atom is -0.454 e. The topological polar surface area (TPSA) is 85.8 Å². The van der Waals surface area contributed by atoms with Crippen molar-refractivity contribution >= 4 is 17.5 Å². The van der Waals surface area contributed by atoms with Crippen molar-refractivity contribution in [2.24, 2.45) is 5.92 Å². The first-order valence-electron chi connectivity index (χ1n) is 10.0. The Balaban J connectivity index is 1.37. The van der Waals surface area contributed by atoms with Crippen molar-refractivity contribution < 1.29 is 19.0 Å². The van der Waals surface area contributed by atoms with Gasteiger partial charge in [-0.05, 0) is 43.5 Å². The highest BCUT2D eigenvalue weighted by molar-refractivity contribution is 5.92. The van der Waals surface area contributed by atoms with Crippen LogP contribution in [-0.2, 0) is 14.3 Å². The molecule has 2 aromatic rings. The van der Waals surface area contributed by atoms with E-state index in [2.05, 4.69) is 20.2 Å². The second kappa shape index (κ2) is 9.19. The molecule has 154 valence electrons. The summed E-state index contributed by atoms with van der Waals surface area (Å²) in [5.74, 6) is 2.03. The molecule has 0 saturated carbocycles. The van der Waals surface area contributed by atoms with Crippen LogP contribution in [0.3, 0.4) is 0 Å². The fourth-order valence-corrected chi connectivity index (χ4v) is 3.46. The number of anilines is 2. The molecule has 8 heteroatoms. The lowest BCUT2D eigenvalue weighted by Crippen LogP contribution is -2.37. The Labute approximate surface area is 170 Å². The van der Waals surface area contributed by atoms with Gasteiger partial charge in [-0.25, -0.2) is 9.97 Å². The quantitative estimate of drug-likeness (QED) is 0.829. The Bertz CT molecular complexity index is 831. The molecule has 4 rings (SSSR count). The fraction of sp³-hybridized carbons (Fsp3) is 0.476. The molecule has 2 saturated heterocycles. The predicted octanol–water partition coefficient (Wildman–Crippen LogP) is 2.78. The molecule has 1 amide bonds. The van der Waals surface area contributed by atoms with Gasteiger partial charge in [0.25, 0.3) is 0 Å². The first-order valence-corrected chi connectivity index (χ1v) is 10.0. The minimum absolute atomic E-state index is 0.0158. The number of hydrogen-bond acceptors (Lipinski definition) is 7. The lowest BCUT2D eigenvalue weighted by molar-refractivity contribution is -0.122. The van der Waals surface area contributed by atoms with E-state index in [0.717, 1.165) is 37.2 Å². The number of morpholine rings is 1. The molecule has 2 aliphatic rings. The van der Waals surface area contributed by atoms with E-state index < -0.39 is 0 Å². The maximum atomic E-state index is 12.4. The molecule has 1 aromatic heterocycles. The normalized spacial score (nSPS) is 17.8. The standard InChI is InChI=1S/C21H26N4O4/c1-15-12-17(24-20(26)16-4-8-27-9-5-16)2-3-19(15)29-18-13-22-21(23-14-18)25-6-10-28-11-7-25/h2-3,12-14,16H,4-11H2,1H3,(H,24,26). The van der Waals surface area contributed by atoms with Gasteiger partial charge in [-0.2, -0.15) is 0 Å². The first-order chi connectivity index (χ1) is 14.2. The molecule has 0 radical (unpaired) electrons. The summed E-state index contributed by atoms with van der Waals surface area (Å²) in [4.78, 5) is 23.3. The Morgan fingerprint density at radius 2 is 1.79 bits per heavy atom. The van der Waals surface area contributed by atoms with Gasteiger partial charge in [0, 0.05) is 37.9 Å². The SMILES string of the molecule is Cc1cc(NC(=O)C2CCOCC2)ccc1Oc1cnc(N2CCOCC2)nc1. The van der Waals surface area contributed by atoms with E-state index in [4.69, 9.17) is 14.2 Å². The van der Waals surface area contributed by atoms with Crippen molar-refractivity contribution in [3.05, 3.63) is 36.2 Å². The number of nitrogens with one attached hydrogen (secondary N) is 1. The van der Waals surface area contributed by atoms with Gasteiger partial charge >= 0.3 is 0 Å². The number of rotatable bonds is 5. The van der Waals surface area contributed by atoms with Crippen molar-refractivity contribution in [2.75, 3.05) is 49.7 Å². The molecule has 1 N–H and O–H groups in total. The van der Waals surface area contributed by atoms with Crippen LogP contribution in [0.1, 0.15) is 18.4 Å². The molecular weight excluding hydrogens is 372 g/mol. The van der Waals surface area contributed by atoms with Crippen LogP contribution < -0.4 is 15.0 Å². The van der Waals surface area contributed by atoms with Crippen molar-refractivity contribution in [3.8, 4) is 11.5 Å². The Kier molecular flexibility index (Phi) is 6.21. The van der Waals surface area contributed by atoms with E-state index in [-0.39, 0.29) is 11.8 Å². The zero-order valence-corrected chi connectivity index (χ0v) is 16.6. The van der Waals surface area contributed by atoms with Gasteiger partial charge in [0.15, 0.2) is 5.75 Å². The molecule has 0 spiro atoms. The third-order valence-electron chi connectivity index (χ3n) is 5.17. The van der Waals surface area contributed by atoms with Crippen molar-refractivity contribution in [1.29, 1.82) is 0 Å². The van der Waals surface area contributed by atoms with Crippen LogP contribution >= 0.6 is 0 Å². The van der Waals surface area contributed by atoms with Crippen LogP contribution in [-0.4, -0.2) is 55.4 Å². The zero-order valence-electron chi connectivity index (χ0n) is 16.6. The summed E-state index contributed by atoms with van der Waals surface area (Å²) in [7, 11) is 0. The summed E-state index contributed by atoms with van der Waals surface area (Å²) in [5.41, 5.74) is 1.69. The number of aromatic nitrogens is 2. The van der Waals surface area contributed by atoms with Crippen molar-refractivity contribution in [2.45, 2.75) is 19.8 Å². The number of ether oxygens (including phenoxy) is 3. The van der Waals surface area contributed by atoms with Crippen LogP contribution in [0.15, 0.2) is 30.6 Å². The second-order valence-electron chi connectivity index (χ2n) is 7.28. The van der Waals surface area contributed by atoms with Crippen LogP contribution in [0, 0.1) is 12.8 Å². The highest BCUT2D eigenvalue weighted by atomic mass is 16.5. The Morgan fingerprint density at radius 1 is 1.10 bits per heavy atom. The van der Waals surface area contributed by atoms with Crippen molar-refractivity contribution in [3.63, 3.8) is 0 Å². The van der Waals surface area contributed by atoms with Gasteiger partial charge in [-0.15, -0.1) is 0 Å². The van der Waals surface area contributed by atoms with Gasteiger partial charge in [0.05, 0.1) is 25.6 Å². The number of hydrogen-bond donors (Lipinski definition) is 1. The van der Waals surface area contributed by atoms with Gasteiger partial charge in [-0.3, -0.25) is 4.79 Å². The van der Waals surface area contributed by atoms with Gasteiger partial charge < -0.3 is 24.4 Å². The molecule has 0 atom stereocenters. The summed E-state index contributed by atoms with van der Waals surface area (Å²) < 4.78 is 16.6. The largest absolute Gasteiger partial charge is 0.454 e. The van der Waals surface area contributed by atoms with Crippen LogP contribution in [0.25, 0.3) is 0 Å². The summed E-state index contributed by atoms with van der Waals surface area (Å²) in [6, 6.07) is 5.61. The number of nitrogens with zero attached hydrogens (tertiary/aromatic N) is 3. The number of carbonyl (C=O) groups excluding carboxylic acids is 1. The highest BCUT2D eigenvalue weighted by Gasteiger charge is 2.21. The van der Waals surface area contributed by atoms with Crippen molar-refractivity contribution in [1.82, 2.24) is 9.97 Å². The zero-order chi connectivity index (χ0) is 20.1. The summed E-state index contributed by atoms with van der Waals surface area (Å²) in [6.45, 7) is 6.21. The maximum absolute atomic E-state index is 12.4. The van der Waals surface area contributed by atoms with Crippen LogP contribution in [0.5, 0.6) is 11.5 Å². The Morgan fingerprint density at radius 3 is 2.48 bits per heavy atom. The summed E-state index contributed by atoms with van der Waals surface area (Å²) in [5, 5.41) is 3.00. The van der Waals surface area contributed by atoms with E-state index >= 15 is 0 Å². The second-order valence-corrected chi connectivity index (χ2v) is 7.28. The molecule has 29 heavy (non-hydrogen) atoms. The lowest BCUT2D eigenvalue weighted by atomic mass is 9.99. The number of carbonyl (C=O) groups is 1. The predicted molar refractivity (Wildman–Crippen MR) is 108 cm³/mol. The lowest BCUT2D eigenvalue weighted by Gasteiger charge is -2.26. The number of benzene rings is 1. The maximum Gasteiger partial charge on any atom is 0.227 e. The molecule has 0 bridgehead atoms. The summed E-state index contributed by atoms with van der Waals surface area (Å²) in [6.07, 6.45) is 4.90. The third-order valence-corrected chi connectivity index (χ3v) is 5.17. The van der Waals surface area contributed by atoms with E-state index in [1.54, 1.807) is 12.4 Å². The number of amides is 1. The third kappa shape index (κ3) is 5.02. The smallest absolute Gasteiger partial charge is 0.227 e. The van der Waals surface area contributed by atoms with Gasteiger partial charge in [0.2, 0.25) is 11.9 Å². The van der Waals surface area contributed by atoms with E-state index in [9.17, 15) is 4.79 Å². The first kappa shape index (κ1) is 19.6. The highest BCUT2D eigenvalue weighted by Crippen LogP contribution is 2.28. The minimum atomic E-state index is 0.0158. The molecule has 2 aliphatic heterocycles. The molecular formula is C21H26N4O4. The van der Waals surface area contributed by atoms with E-state index in [1.165, 1.54) is 0 Å². The molecule has 2 fully saturated rings. The van der Waals surface area contributed by atoms with E-state index in [1.807, 2.05) is 25.1 Å². The summed E-state index contributed by atoms with van der Waals surface area (Å²) >= 11 is 0. The van der Waals surface area contributed by atoms with Crippen LogP contribution in [0.4, 0.5) is 11.6 Å². The Hall–Kier alpha value is -2.71. The molecule has 1 aromatic carbocycles. The average Bonchev–Trinajstić information content (AvgIpc) is 2.77. The van der Waals surface area contributed by atoms with Gasteiger partial charge in [-0.1, -0.05) is 0 Å². The van der Waals surface area contributed by atoms with Crippen LogP contribution in [0.2, 0.25) is 0 Å². The van der Waals surface area contributed by atoms with Gasteiger partial charge in [0.1, 0.15) is 5.75 Å². The molecule has 8 nitrogen and oxygen atoms in total. The van der Waals surface area contributed by atoms with E-state index in [0.29, 0.717) is 43.9 Å².